The normalized spacial score (nSPS) is 13.2. The molecule has 0 bridgehead atoms. The standard InChI is InChI=1S/C12H19N5O/c1-8(2)6-10(7-18)13-11-4-5-12-15-14-9(3)17(12)16-11/h4-5,8,10,18H,6-7H2,1-3H3,(H,13,16)/t10-/m1/s1. The van der Waals surface area contributed by atoms with Crippen molar-refractivity contribution in [3.8, 4) is 0 Å². The molecule has 2 N–H and O–H groups in total. The molecule has 0 saturated heterocycles. The Balaban J connectivity index is 2.17. The van der Waals surface area contributed by atoms with E-state index in [1.54, 1.807) is 4.52 Å². The van der Waals surface area contributed by atoms with Crippen LogP contribution < -0.4 is 5.32 Å². The van der Waals surface area contributed by atoms with E-state index in [1.165, 1.54) is 0 Å². The van der Waals surface area contributed by atoms with Crippen LogP contribution in [0.3, 0.4) is 0 Å². The number of aliphatic hydroxyl groups is 1. The number of rotatable bonds is 5. The molecule has 98 valence electrons. The van der Waals surface area contributed by atoms with E-state index < -0.39 is 0 Å². The number of anilines is 1. The highest BCUT2D eigenvalue weighted by Crippen LogP contribution is 2.12. The van der Waals surface area contributed by atoms with Gasteiger partial charge in [0.2, 0.25) is 0 Å². The molecule has 18 heavy (non-hydrogen) atoms. The summed E-state index contributed by atoms with van der Waals surface area (Å²) in [6, 6.07) is 3.73. The molecule has 0 amide bonds. The van der Waals surface area contributed by atoms with Crippen molar-refractivity contribution in [3.63, 3.8) is 0 Å². The van der Waals surface area contributed by atoms with E-state index in [1.807, 2.05) is 19.1 Å². The minimum Gasteiger partial charge on any atom is -0.394 e. The maximum atomic E-state index is 9.34. The first-order chi connectivity index (χ1) is 8.60. The number of hydrogen-bond acceptors (Lipinski definition) is 5. The summed E-state index contributed by atoms with van der Waals surface area (Å²) in [5.41, 5.74) is 0.724. The highest BCUT2D eigenvalue weighted by Gasteiger charge is 2.11. The topological polar surface area (TPSA) is 75.3 Å². The highest BCUT2D eigenvalue weighted by atomic mass is 16.3. The van der Waals surface area contributed by atoms with Gasteiger partial charge in [0, 0.05) is 0 Å². The number of hydrogen-bond donors (Lipinski definition) is 2. The summed E-state index contributed by atoms with van der Waals surface area (Å²) in [5.74, 6) is 2.00. The number of nitrogens with zero attached hydrogens (tertiary/aromatic N) is 4. The van der Waals surface area contributed by atoms with Crippen molar-refractivity contribution >= 4 is 11.5 Å². The Labute approximate surface area is 106 Å². The van der Waals surface area contributed by atoms with Crippen molar-refractivity contribution in [2.24, 2.45) is 5.92 Å². The minimum atomic E-state index is 0.0201. The maximum absolute atomic E-state index is 9.34. The SMILES string of the molecule is Cc1nnc2ccc(N[C@@H](CO)CC(C)C)nn12. The summed E-state index contributed by atoms with van der Waals surface area (Å²) in [6.07, 6.45) is 0.900. The molecular formula is C12H19N5O. The van der Waals surface area contributed by atoms with Crippen LogP contribution in [0, 0.1) is 12.8 Å². The minimum absolute atomic E-state index is 0.0201. The molecule has 0 fully saturated rings. The smallest absolute Gasteiger partial charge is 0.178 e. The summed E-state index contributed by atoms with van der Waals surface area (Å²) >= 11 is 0. The fourth-order valence-corrected chi connectivity index (χ4v) is 1.93. The van der Waals surface area contributed by atoms with Gasteiger partial charge in [-0.25, -0.2) is 0 Å². The third kappa shape index (κ3) is 2.76. The van der Waals surface area contributed by atoms with Gasteiger partial charge >= 0.3 is 0 Å². The zero-order chi connectivity index (χ0) is 13.1. The van der Waals surface area contributed by atoms with Crippen molar-refractivity contribution in [2.45, 2.75) is 33.2 Å². The van der Waals surface area contributed by atoms with Crippen molar-refractivity contribution < 1.29 is 5.11 Å². The Morgan fingerprint density at radius 3 is 2.78 bits per heavy atom. The summed E-state index contributed by atoms with van der Waals surface area (Å²) in [6.45, 7) is 6.21. The lowest BCUT2D eigenvalue weighted by Gasteiger charge is -2.18. The molecule has 0 radical (unpaired) electrons. The Morgan fingerprint density at radius 1 is 1.33 bits per heavy atom. The Kier molecular flexibility index (Phi) is 3.76. The van der Waals surface area contributed by atoms with Gasteiger partial charge in [-0.3, -0.25) is 0 Å². The average molecular weight is 249 g/mol. The Hall–Kier alpha value is -1.69. The molecule has 0 spiro atoms. The van der Waals surface area contributed by atoms with Crippen LogP contribution in [0.4, 0.5) is 5.82 Å². The Morgan fingerprint density at radius 2 is 2.11 bits per heavy atom. The number of aromatic nitrogens is 4. The van der Waals surface area contributed by atoms with Gasteiger partial charge in [0.05, 0.1) is 12.6 Å². The van der Waals surface area contributed by atoms with E-state index >= 15 is 0 Å². The molecule has 2 heterocycles. The number of aliphatic hydroxyl groups excluding tert-OH is 1. The van der Waals surface area contributed by atoms with Crippen LogP contribution in [0.2, 0.25) is 0 Å². The van der Waals surface area contributed by atoms with Crippen molar-refractivity contribution in [2.75, 3.05) is 11.9 Å². The van der Waals surface area contributed by atoms with Gasteiger partial charge in [0.1, 0.15) is 5.82 Å². The van der Waals surface area contributed by atoms with Gasteiger partial charge in [-0.1, -0.05) is 13.8 Å². The molecule has 0 aliphatic carbocycles. The largest absolute Gasteiger partial charge is 0.394 e. The third-order valence-corrected chi connectivity index (χ3v) is 2.75. The number of fused-ring (bicyclic) bond motifs is 1. The van der Waals surface area contributed by atoms with E-state index in [0.29, 0.717) is 5.92 Å². The summed E-state index contributed by atoms with van der Waals surface area (Å²) in [4.78, 5) is 0. The number of aryl methyl sites for hydroxylation is 1. The predicted octanol–water partition coefficient (Wildman–Crippen LogP) is 1.25. The maximum Gasteiger partial charge on any atom is 0.178 e. The molecule has 6 nitrogen and oxygen atoms in total. The lowest BCUT2D eigenvalue weighted by atomic mass is 10.0. The summed E-state index contributed by atoms with van der Waals surface area (Å²) in [7, 11) is 0. The van der Waals surface area contributed by atoms with E-state index in [0.717, 1.165) is 23.7 Å². The summed E-state index contributed by atoms with van der Waals surface area (Å²) < 4.78 is 1.69. The quantitative estimate of drug-likeness (QED) is 0.834. The first kappa shape index (κ1) is 12.8. The van der Waals surface area contributed by atoms with E-state index in [4.69, 9.17) is 0 Å². The molecule has 1 atom stereocenters. The second-order valence-corrected chi connectivity index (χ2v) is 4.89. The lowest BCUT2D eigenvalue weighted by Crippen LogP contribution is -2.26. The molecule has 0 saturated carbocycles. The molecule has 2 rings (SSSR count). The van der Waals surface area contributed by atoms with Crippen LogP contribution in [0.1, 0.15) is 26.1 Å². The van der Waals surface area contributed by atoms with Crippen molar-refractivity contribution in [1.82, 2.24) is 19.8 Å². The monoisotopic (exact) mass is 249 g/mol. The van der Waals surface area contributed by atoms with Crippen LogP contribution in [0.25, 0.3) is 5.65 Å². The second kappa shape index (κ2) is 5.30. The van der Waals surface area contributed by atoms with Crippen LogP contribution in [0.5, 0.6) is 0 Å². The fourth-order valence-electron chi connectivity index (χ4n) is 1.93. The summed E-state index contributed by atoms with van der Waals surface area (Å²) in [5, 5.41) is 24.9. The highest BCUT2D eigenvalue weighted by molar-refractivity contribution is 5.44. The number of nitrogens with one attached hydrogen (secondary N) is 1. The van der Waals surface area contributed by atoms with E-state index in [-0.39, 0.29) is 12.6 Å². The molecule has 0 unspecified atom stereocenters. The van der Waals surface area contributed by atoms with Crippen LogP contribution >= 0.6 is 0 Å². The van der Waals surface area contributed by atoms with E-state index in [2.05, 4.69) is 34.5 Å². The van der Waals surface area contributed by atoms with E-state index in [9.17, 15) is 5.11 Å². The molecule has 2 aromatic heterocycles. The van der Waals surface area contributed by atoms with Crippen LogP contribution in [-0.2, 0) is 0 Å². The molecule has 0 aliphatic rings. The molecule has 2 aromatic rings. The zero-order valence-corrected chi connectivity index (χ0v) is 11.0. The Bertz CT molecular complexity index is 522. The van der Waals surface area contributed by atoms with Crippen molar-refractivity contribution in [1.29, 1.82) is 0 Å². The van der Waals surface area contributed by atoms with Crippen LogP contribution in [0.15, 0.2) is 12.1 Å². The van der Waals surface area contributed by atoms with Gasteiger partial charge in [0.25, 0.3) is 0 Å². The predicted molar refractivity (Wildman–Crippen MR) is 69.5 cm³/mol. The average Bonchev–Trinajstić information content (AvgIpc) is 2.70. The molecule has 0 aliphatic heterocycles. The zero-order valence-electron chi connectivity index (χ0n) is 11.0. The first-order valence-corrected chi connectivity index (χ1v) is 6.16. The first-order valence-electron chi connectivity index (χ1n) is 6.16. The van der Waals surface area contributed by atoms with Crippen LogP contribution in [-0.4, -0.2) is 37.6 Å². The second-order valence-electron chi connectivity index (χ2n) is 4.89. The van der Waals surface area contributed by atoms with Gasteiger partial charge in [0.15, 0.2) is 11.5 Å². The lowest BCUT2D eigenvalue weighted by molar-refractivity contribution is 0.259. The van der Waals surface area contributed by atoms with Gasteiger partial charge in [-0.2, -0.15) is 4.52 Å². The van der Waals surface area contributed by atoms with Gasteiger partial charge < -0.3 is 10.4 Å². The van der Waals surface area contributed by atoms with Crippen molar-refractivity contribution in [3.05, 3.63) is 18.0 Å². The fraction of sp³-hybridized carbons (Fsp3) is 0.583. The van der Waals surface area contributed by atoms with Gasteiger partial charge in [-0.05, 0) is 31.4 Å². The molecular weight excluding hydrogens is 230 g/mol. The molecule has 0 aromatic carbocycles. The van der Waals surface area contributed by atoms with Gasteiger partial charge in [-0.15, -0.1) is 15.3 Å². The third-order valence-electron chi connectivity index (χ3n) is 2.75. The molecule has 6 heteroatoms.